The fourth-order valence-corrected chi connectivity index (χ4v) is 4.96. The number of hydrogen-bond acceptors (Lipinski definition) is 6. The monoisotopic (exact) mass is 453 g/mol. The fraction of sp³-hybridized carbons (Fsp3) is 0.217. The lowest BCUT2D eigenvalue weighted by atomic mass is 10.1. The average molecular weight is 454 g/mol. The van der Waals surface area contributed by atoms with Gasteiger partial charge < -0.3 is 14.5 Å². The second kappa shape index (κ2) is 8.34. The Labute approximate surface area is 188 Å². The van der Waals surface area contributed by atoms with Crippen molar-refractivity contribution < 1.29 is 9.47 Å². The first kappa shape index (κ1) is 20.1. The van der Waals surface area contributed by atoms with Crippen LogP contribution in [0.4, 0.5) is 0 Å². The number of ether oxygens (including phenoxy) is 2. The molecule has 0 saturated carbocycles. The van der Waals surface area contributed by atoms with E-state index in [4.69, 9.17) is 21.1 Å². The maximum absolute atomic E-state index is 12.9. The number of para-hydroxylation sites is 2. The summed E-state index contributed by atoms with van der Waals surface area (Å²) < 4.78 is 11.8. The van der Waals surface area contributed by atoms with E-state index >= 15 is 0 Å². The Hall–Kier alpha value is -2.87. The van der Waals surface area contributed by atoms with Crippen molar-refractivity contribution in [3.63, 3.8) is 0 Å². The van der Waals surface area contributed by atoms with Crippen molar-refractivity contribution in [2.45, 2.75) is 12.6 Å². The number of H-pyrrole nitrogens is 1. The highest BCUT2D eigenvalue weighted by Crippen LogP contribution is 2.35. The number of rotatable bonds is 5. The van der Waals surface area contributed by atoms with E-state index in [9.17, 15) is 4.79 Å². The number of halogens is 1. The van der Waals surface area contributed by atoms with Gasteiger partial charge in [0.1, 0.15) is 23.4 Å². The van der Waals surface area contributed by atoms with Crippen LogP contribution in [0, 0.1) is 0 Å². The van der Waals surface area contributed by atoms with E-state index in [1.54, 1.807) is 0 Å². The lowest BCUT2D eigenvalue weighted by Crippen LogP contribution is -2.39. The summed E-state index contributed by atoms with van der Waals surface area (Å²) in [6.07, 6.45) is -0.0936. The highest BCUT2D eigenvalue weighted by Gasteiger charge is 2.22. The molecule has 0 spiro atoms. The summed E-state index contributed by atoms with van der Waals surface area (Å²) >= 11 is 7.78. The molecule has 0 aliphatic carbocycles. The second-order valence-electron chi connectivity index (χ2n) is 7.52. The van der Waals surface area contributed by atoms with Crippen LogP contribution < -0.4 is 15.0 Å². The van der Waals surface area contributed by atoms with E-state index in [1.807, 2.05) is 61.0 Å². The second-order valence-corrected chi connectivity index (χ2v) is 8.78. The van der Waals surface area contributed by atoms with Crippen LogP contribution in [0.3, 0.4) is 0 Å². The van der Waals surface area contributed by atoms with Crippen LogP contribution >= 0.6 is 22.9 Å². The first-order chi connectivity index (χ1) is 15.1. The van der Waals surface area contributed by atoms with Crippen molar-refractivity contribution in [3.05, 3.63) is 75.1 Å². The standard InChI is InChI=1S/C23H20ClN3O3S/c1-27(10-14-12-29-18-8-4-5-9-19(18)30-14)11-20-25-22(28)21-16(13-31-23(21)26-20)15-6-2-3-7-17(15)24/h2-9,13-14H,10-12H2,1H3,(H,25,26,28)/t14-/m1/s1. The molecule has 2 aromatic heterocycles. The minimum atomic E-state index is -0.157. The smallest absolute Gasteiger partial charge is 0.260 e. The van der Waals surface area contributed by atoms with Crippen LogP contribution in [0.5, 0.6) is 11.5 Å². The van der Waals surface area contributed by atoms with Gasteiger partial charge in [-0.15, -0.1) is 11.3 Å². The molecule has 0 unspecified atom stereocenters. The Morgan fingerprint density at radius 2 is 1.94 bits per heavy atom. The molecule has 158 valence electrons. The van der Waals surface area contributed by atoms with Gasteiger partial charge in [-0.05, 0) is 25.2 Å². The number of benzene rings is 2. The molecule has 2 aromatic carbocycles. The van der Waals surface area contributed by atoms with Gasteiger partial charge in [0.2, 0.25) is 0 Å². The Morgan fingerprint density at radius 1 is 1.16 bits per heavy atom. The Kier molecular flexibility index (Phi) is 5.40. The predicted molar refractivity (Wildman–Crippen MR) is 123 cm³/mol. The summed E-state index contributed by atoms with van der Waals surface area (Å²) in [4.78, 5) is 23.3. The number of hydrogen-bond donors (Lipinski definition) is 1. The number of fused-ring (bicyclic) bond motifs is 2. The van der Waals surface area contributed by atoms with Gasteiger partial charge in [-0.25, -0.2) is 4.98 Å². The first-order valence-corrected chi connectivity index (χ1v) is 11.2. The van der Waals surface area contributed by atoms with Crippen LogP contribution in [0.15, 0.2) is 58.7 Å². The highest BCUT2D eigenvalue weighted by molar-refractivity contribution is 7.17. The quantitative estimate of drug-likeness (QED) is 0.479. The summed E-state index contributed by atoms with van der Waals surface area (Å²) in [5.41, 5.74) is 1.49. The van der Waals surface area contributed by atoms with E-state index in [2.05, 4.69) is 14.9 Å². The van der Waals surface area contributed by atoms with Crippen molar-refractivity contribution in [3.8, 4) is 22.6 Å². The van der Waals surface area contributed by atoms with Gasteiger partial charge in [0, 0.05) is 28.1 Å². The maximum atomic E-state index is 12.9. The molecule has 1 aliphatic heterocycles. The highest BCUT2D eigenvalue weighted by atomic mass is 35.5. The summed E-state index contributed by atoms with van der Waals surface area (Å²) in [7, 11) is 1.97. The third-order valence-corrected chi connectivity index (χ3v) is 6.36. The maximum Gasteiger partial charge on any atom is 0.260 e. The zero-order valence-electron chi connectivity index (χ0n) is 16.8. The van der Waals surface area contributed by atoms with Crippen molar-refractivity contribution in [2.24, 2.45) is 0 Å². The van der Waals surface area contributed by atoms with Gasteiger partial charge in [-0.3, -0.25) is 9.69 Å². The van der Waals surface area contributed by atoms with Crippen LogP contribution in [-0.2, 0) is 6.54 Å². The molecule has 0 bridgehead atoms. The molecule has 0 fully saturated rings. The molecule has 0 radical (unpaired) electrons. The Bertz CT molecular complexity index is 1300. The van der Waals surface area contributed by atoms with E-state index in [0.717, 1.165) is 22.6 Å². The summed E-state index contributed by atoms with van der Waals surface area (Å²) in [6, 6.07) is 15.2. The van der Waals surface area contributed by atoms with Crippen LogP contribution in [0.25, 0.3) is 21.3 Å². The molecular formula is C23H20ClN3O3S. The van der Waals surface area contributed by atoms with E-state index in [-0.39, 0.29) is 11.7 Å². The lowest BCUT2D eigenvalue weighted by Gasteiger charge is -2.29. The fourth-order valence-electron chi connectivity index (χ4n) is 3.77. The summed E-state index contributed by atoms with van der Waals surface area (Å²) in [5.74, 6) is 2.14. The van der Waals surface area contributed by atoms with E-state index < -0.39 is 0 Å². The molecule has 4 aromatic rings. The van der Waals surface area contributed by atoms with Gasteiger partial charge in [0.05, 0.1) is 11.9 Å². The number of nitrogens with zero attached hydrogens (tertiary/aromatic N) is 2. The SMILES string of the molecule is CN(Cc1nc2scc(-c3ccccc3Cl)c2c(=O)[nH]1)C[C@@H]1COc2ccccc2O1. The molecule has 3 heterocycles. The molecule has 31 heavy (non-hydrogen) atoms. The Balaban J connectivity index is 1.33. The van der Waals surface area contributed by atoms with E-state index in [0.29, 0.717) is 40.8 Å². The van der Waals surface area contributed by atoms with Crippen molar-refractivity contribution in [1.29, 1.82) is 0 Å². The average Bonchev–Trinajstić information content (AvgIpc) is 3.18. The molecule has 1 aliphatic rings. The van der Waals surface area contributed by atoms with Crippen LogP contribution in [0.2, 0.25) is 5.02 Å². The zero-order chi connectivity index (χ0) is 21.4. The summed E-state index contributed by atoms with van der Waals surface area (Å²) in [6.45, 7) is 1.62. The van der Waals surface area contributed by atoms with Crippen LogP contribution in [0.1, 0.15) is 5.82 Å². The molecule has 5 rings (SSSR count). The van der Waals surface area contributed by atoms with Crippen molar-refractivity contribution in [2.75, 3.05) is 20.2 Å². The molecule has 1 atom stereocenters. The van der Waals surface area contributed by atoms with E-state index in [1.165, 1.54) is 11.3 Å². The lowest BCUT2D eigenvalue weighted by molar-refractivity contribution is 0.0632. The molecule has 0 amide bonds. The minimum absolute atomic E-state index is 0.0936. The van der Waals surface area contributed by atoms with Gasteiger partial charge in [-0.1, -0.05) is 41.9 Å². The molecular weight excluding hydrogens is 434 g/mol. The molecule has 6 nitrogen and oxygen atoms in total. The normalized spacial score (nSPS) is 15.5. The largest absolute Gasteiger partial charge is 0.486 e. The molecule has 1 N–H and O–H groups in total. The van der Waals surface area contributed by atoms with Gasteiger partial charge in [0.25, 0.3) is 5.56 Å². The van der Waals surface area contributed by atoms with Gasteiger partial charge in [-0.2, -0.15) is 0 Å². The number of thiophene rings is 1. The van der Waals surface area contributed by atoms with Crippen molar-refractivity contribution in [1.82, 2.24) is 14.9 Å². The number of aromatic nitrogens is 2. The first-order valence-electron chi connectivity index (χ1n) is 9.91. The predicted octanol–water partition coefficient (Wildman–Crippen LogP) is 4.58. The number of likely N-dealkylation sites (N-methyl/N-ethyl adjacent to an activating group) is 1. The number of nitrogens with one attached hydrogen (secondary N) is 1. The van der Waals surface area contributed by atoms with Crippen LogP contribution in [-0.4, -0.2) is 41.2 Å². The van der Waals surface area contributed by atoms with Crippen molar-refractivity contribution >= 4 is 33.2 Å². The number of aromatic amines is 1. The third kappa shape index (κ3) is 4.04. The minimum Gasteiger partial charge on any atom is -0.486 e. The molecule has 0 saturated heterocycles. The van der Waals surface area contributed by atoms with Gasteiger partial charge >= 0.3 is 0 Å². The topological polar surface area (TPSA) is 67.5 Å². The third-order valence-electron chi connectivity index (χ3n) is 5.16. The molecule has 8 heteroatoms. The zero-order valence-corrected chi connectivity index (χ0v) is 18.4. The Morgan fingerprint density at radius 3 is 2.77 bits per heavy atom. The van der Waals surface area contributed by atoms with Gasteiger partial charge in [0.15, 0.2) is 11.5 Å². The summed E-state index contributed by atoms with van der Waals surface area (Å²) in [5, 5.41) is 3.12.